The molecule has 1 amide bonds. The fourth-order valence-corrected chi connectivity index (χ4v) is 3.08. The van der Waals surface area contributed by atoms with E-state index in [1.807, 2.05) is 0 Å². The van der Waals surface area contributed by atoms with Crippen LogP contribution in [0.15, 0.2) is 16.1 Å². The molecule has 5 nitrogen and oxygen atoms in total. The van der Waals surface area contributed by atoms with Crippen molar-refractivity contribution >= 4 is 51.8 Å². The van der Waals surface area contributed by atoms with Gasteiger partial charge >= 0.3 is 0 Å². The van der Waals surface area contributed by atoms with Crippen LogP contribution in [0.1, 0.15) is 19.3 Å². The van der Waals surface area contributed by atoms with E-state index in [-0.39, 0.29) is 35.3 Å². The Bertz CT molecular complexity index is 415. The SMILES string of the molecule is C=C(Br)CNC(=NC)N1CCCC2(CNC(=O)C2)C1.I. The highest BCUT2D eigenvalue weighted by Gasteiger charge is 2.42. The van der Waals surface area contributed by atoms with E-state index in [1.165, 1.54) is 0 Å². The Labute approximate surface area is 145 Å². The Morgan fingerprint density at radius 3 is 2.95 bits per heavy atom. The molecule has 2 rings (SSSR count). The first-order valence-corrected chi connectivity index (χ1v) is 7.39. The van der Waals surface area contributed by atoms with Crippen LogP contribution >= 0.6 is 39.9 Å². The number of nitrogens with zero attached hydrogens (tertiary/aromatic N) is 2. The highest BCUT2D eigenvalue weighted by Crippen LogP contribution is 2.35. The summed E-state index contributed by atoms with van der Waals surface area (Å²) >= 11 is 3.34. The fraction of sp³-hybridized carbons (Fsp3) is 0.692. The lowest BCUT2D eigenvalue weighted by atomic mass is 9.79. The molecule has 2 aliphatic rings. The predicted octanol–water partition coefficient (Wildman–Crippen LogP) is 1.69. The average molecular weight is 457 g/mol. The maximum absolute atomic E-state index is 11.5. The Morgan fingerprint density at radius 2 is 2.40 bits per heavy atom. The van der Waals surface area contributed by atoms with Crippen LogP contribution in [0.2, 0.25) is 0 Å². The molecule has 2 saturated heterocycles. The van der Waals surface area contributed by atoms with Crippen molar-refractivity contribution in [2.75, 3.05) is 33.2 Å². The van der Waals surface area contributed by atoms with Crippen LogP contribution in [-0.4, -0.2) is 50.0 Å². The molecule has 1 atom stereocenters. The predicted molar refractivity (Wildman–Crippen MR) is 95.7 cm³/mol. The van der Waals surface area contributed by atoms with Gasteiger partial charge in [-0.15, -0.1) is 24.0 Å². The molecular weight excluding hydrogens is 435 g/mol. The second kappa shape index (κ2) is 7.63. The number of amides is 1. The van der Waals surface area contributed by atoms with Gasteiger partial charge in [-0.3, -0.25) is 9.79 Å². The lowest BCUT2D eigenvalue weighted by molar-refractivity contribution is -0.119. The maximum atomic E-state index is 11.5. The zero-order valence-corrected chi connectivity index (χ0v) is 15.7. The average Bonchev–Trinajstić information content (AvgIpc) is 2.71. The van der Waals surface area contributed by atoms with Crippen LogP contribution in [0.25, 0.3) is 0 Å². The van der Waals surface area contributed by atoms with Gasteiger partial charge < -0.3 is 15.5 Å². The van der Waals surface area contributed by atoms with E-state index < -0.39 is 0 Å². The van der Waals surface area contributed by atoms with Crippen molar-refractivity contribution in [3.8, 4) is 0 Å². The summed E-state index contributed by atoms with van der Waals surface area (Å²) in [7, 11) is 1.79. The van der Waals surface area contributed by atoms with Crippen molar-refractivity contribution < 1.29 is 4.79 Å². The first-order valence-electron chi connectivity index (χ1n) is 6.60. The number of carbonyl (C=O) groups is 1. The third kappa shape index (κ3) is 4.34. The Balaban J connectivity index is 0.00000200. The highest BCUT2D eigenvalue weighted by molar-refractivity contribution is 14.0. The molecule has 0 aromatic carbocycles. The molecule has 7 heteroatoms. The van der Waals surface area contributed by atoms with Crippen molar-refractivity contribution in [2.45, 2.75) is 19.3 Å². The minimum absolute atomic E-state index is 0. The second-order valence-corrected chi connectivity index (χ2v) is 6.52. The van der Waals surface area contributed by atoms with Crippen LogP contribution in [0, 0.1) is 5.41 Å². The van der Waals surface area contributed by atoms with Crippen molar-refractivity contribution in [3.63, 3.8) is 0 Å². The summed E-state index contributed by atoms with van der Waals surface area (Å²) in [5.41, 5.74) is 0.0956. The van der Waals surface area contributed by atoms with Gasteiger partial charge in [0.05, 0.1) is 0 Å². The molecule has 1 spiro atoms. The van der Waals surface area contributed by atoms with Crippen molar-refractivity contribution in [1.29, 1.82) is 0 Å². The number of guanidine groups is 1. The third-order valence-electron chi connectivity index (χ3n) is 3.81. The quantitative estimate of drug-likeness (QED) is 0.377. The minimum atomic E-state index is 0. The molecule has 0 aliphatic carbocycles. The van der Waals surface area contributed by atoms with Crippen LogP contribution in [0.5, 0.6) is 0 Å². The van der Waals surface area contributed by atoms with Gasteiger partial charge in [0.25, 0.3) is 0 Å². The summed E-state index contributed by atoms with van der Waals surface area (Å²) in [6.45, 7) is 7.15. The van der Waals surface area contributed by atoms with E-state index in [2.05, 4.69) is 43.0 Å². The van der Waals surface area contributed by atoms with E-state index in [0.29, 0.717) is 13.0 Å². The molecule has 0 saturated carbocycles. The largest absolute Gasteiger partial charge is 0.355 e. The van der Waals surface area contributed by atoms with Gasteiger partial charge in [-0.25, -0.2) is 0 Å². The highest BCUT2D eigenvalue weighted by atomic mass is 127. The summed E-state index contributed by atoms with van der Waals surface area (Å²) in [4.78, 5) is 18.1. The zero-order valence-electron chi connectivity index (χ0n) is 11.7. The summed E-state index contributed by atoms with van der Waals surface area (Å²) in [6.07, 6.45) is 2.86. The standard InChI is InChI=1S/C13H21BrN4O.HI/c1-10(14)7-16-12(15-2)18-5-3-4-13(9-18)6-11(19)17-8-13;/h1,3-9H2,2H3,(H,15,16)(H,17,19);1H. The van der Waals surface area contributed by atoms with E-state index in [0.717, 1.165) is 42.9 Å². The van der Waals surface area contributed by atoms with Crippen molar-refractivity contribution in [2.24, 2.45) is 10.4 Å². The monoisotopic (exact) mass is 456 g/mol. The molecule has 114 valence electrons. The van der Waals surface area contributed by atoms with Crippen molar-refractivity contribution in [3.05, 3.63) is 11.1 Å². The van der Waals surface area contributed by atoms with Gasteiger partial charge in [-0.1, -0.05) is 22.5 Å². The van der Waals surface area contributed by atoms with E-state index in [1.54, 1.807) is 7.05 Å². The summed E-state index contributed by atoms with van der Waals surface area (Å²) in [6, 6.07) is 0. The lowest BCUT2D eigenvalue weighted by Crippen LogP contribution is -2.51. The number of hydrogen-bond acceptors (Lipinski definition) is 2. The van der Waals surface area contributed by atoms with E-state index in [4.69, 9.17) is 0 Å². The van der Waals surface area contributed by atoms with E-state index >= 15 is 0 Å². The second-order valence-electron chi connectivity index (χ2n) is 5.40. The van der Waals surface area contributed by atoms with Gasteiger partial charge in [0, 0.05) is 49.5 Å². The number of likely N-dealkylation sites (tertiary alicyclic amines) is 1. The minimum Gasteiger partial charge on any atom is -0.355 e. The number of rotatable bonds is 2. The van der Waals surface area contributed by atoms with Crippen LogP contribution in [-0.2, 0) is 4.79 Å². The zero-order chi connectivity index (χ0) is 13.9. The molecule has 0 radical (unpaired) electrons. The molecule has 1 unspecified atom stereocenters. The number of halogens is 2. The lowest BCUT2D eigenvalue weighted by Gasteiger charge is -2.40. The van der Waals surface area contributed by atoms with Gasteiger partial charge in [-0.05, 0) is 12.8 Å². The van der Waals surface area contributed by atoms with E-state index in [9.17, 15) is 4.79 Å². The first-order chi connectivity index (χ1) is 9.04. The first kappa shape index (κ1) is 17.7. The number of nitrogens with one attached hydrogen (secondary N) is 2. The van der Waals surface area contributed by atoms with Crippen LogP contribution in [0.4, 0.5) is 0 Å². The molecule has 2 N–H and O–H groups in total. The number of hydrogen-bond donors (Lipinski definition) is 2. The number of aliphatic imine (C=N–C) groups is 1. The van der Waals surface area contributed by atoms with Gasteiger partial charge in [-0.2, -0.15) is 0 Å². The molecule has 2 fully saturated rings. The van der Waals surface area contributed by atoms with Gasteiger partial charge in [0.2, 0.25) is 5.91 Å². The molecule has 0 aromatic heterocycles. The smallest absolute Gasteiger partial charge is 0.220 e. The molecule has 0 bridgehead atoms. The fourth-order valence-electron chi connectivity index (χ4n) is 2.94. The summed E-state index contributed by atoms with van der Waals surface area (Å²) < 4.78 is 0.901. The summed E-state index contributed by atoms with van der Waals surface area (Å²) in [5.74, 6) is 1.07. The van der Waals surface area contributed by atoms with Crippen molar-refractivity contribution in [1.82, 2.24) is 15.5 Å². The molecule has 2 aliphatic heterocycles. The topological polar surface area (TPSA) is 56.7 Å². The van der Waals surface area contributed by atoms with Crippen LogP contribution < -0.4 is 10.6 Å². The third-order valence-corrected chi connectivity index (χ3v) is 4.09. The van der Waals surface area contributed by atoms with Gasteiger partial charge in [0.15, 0.2) is 5.96 Å². The Hall–Kier alpha value is -0.310. The molecule has 2 heterocycles. The molecule has 20 heavy (non-hydrogen) atoms. The number of carbonyl (C=O) groups excluding carboxylic acids is 1. The normalized spacial score (nSPS) is 26.2. The van der Waals surface area contributed by atoms with Crippen LogP contribution in [0.3, 0.4) is 0 Å². The Kier molecular flexibility index (Phi) is 6.77. The Morgan fingerprint density at radius 1 is 1.65 bits per heavy atom. The number of piperidine rings is 1. The summed E-state index contributed by atoms with van der Waals surface area (Å²) in [5, 5.41) is 6.24. The van der Waals surface area contributed by atoms with Gasteiger partial charge in [0.1, 0.15) is 0 Å². The molecular formula is C13H22BrIN4O. The molecule has 0 aromatic rings. The maximum Gasteiger partial charge on any atom is 0.220 e.